The second-order valence-corrected chi connectivity index (χ2v) is 22.9. The number of hydrogen-bond donors (Lipinski definition) is 3. The first-order valence-corrected chi connectivity index (χ1v) is 32.5. The second kappa shape index (κ2) is 39.5. The third-order valence-corrected chi connectivity index (χ3v) is 14.7. The molecule has 6 aromatic heterocycles. The smallest absolute Gasteiger partial charge is 0.251 e. The van der Waals surface area contributed by atoms with E-state index < -0.39 is 0 Å². The van der Waals surface area contributed by atoms with Crippen molar-refractivity contribution in [3.8, 4) is 40.2 Å². The molecule has 0 atom stereocenters. The number of carbonyl (C=O) groups excluding carboxylic acids is 1. The molecule has 3 aromatic carbocycles. The van der Waals surface area contributed by atoms with E-state index in [4.69, 9.17) is 33.2 Å². The van der Waals surface area contributed by atoms with Gasteiger partial charge in [0.1, 0.15) is 72.2 Å². The average Bonchev–Trinajstić information content (AvgIpc) is 1.86. The molecule has 6 heterocycles. The van der Waals surface area contributed by atoms with Crippen LogP contribution in [0.2, 0.25) is 0 Å². The first-order valence-electron chi connectivity index (χ1n) is 32.5. The van der Waals surface area contributed by atoms with Crippen LogP contribution in [-0.4, -0.2) is 137 Å². The molecule has 9 aromatic rings. The third-order valence-electron chi connectivity index (χ3n) is 14.7. The zero-order valence-electron chi connectivity index (χ0n) is 57.8. The molecule has 3 N–H and O–H groups in total. The molecule has 0 unspecified atom stereocenters. The van der Waals surface area contributed by atoms with Gasteiger partial charge in [-0.1, -0.05) is 85.5 Å². The van der Waals surface area contributed by atoms with E-state index in [1.807, 2.05) is 124 Å². The molecule has 0 radical (unpaired) electrons. The summed E-state index contributed by atoms with van der Waals surface area (Å²) in [4.78, 5) is 12.5. The van der Waals surface area contributed by atoms with Crippen LogP contribution in [0.25, 0.3) is 11.4 Å². The summed E-state index contributed by atoms with van der Waals surface area (Å²) in [6.45, 7) is 17.3. The topological polar surface area (TPSA) is 302 Å². The van der Waals surface area contributed by atoms with Crippen molar-refractivity contribution in [1.29, 1.82) is 0 Å². The second-order valence-electron chi connectivity index (χ2n) is 22.9. The monoisotopic (exact) mass is 1340 g/mol. The summed E-state index contributed by atoms with van der Waals surface area (Å²) < 4.78 is 52.9. The maximum Gasteiger partial charge on any atom is 0.251 e. The highest BCUT2D eigenvalue weighted by atomic mass is 16.5. The maximum atomic E-state index is 12.5. The number of aryl methyl sites for hydroxylation is 8. The number of aromatic nitrogens is 18. The van der Waals surface area contributed by atoms with Crippen molar-refractivity contribution >= 4 is 17.3 Å². The Kier molecular flexibility index (Phi) is 30.8. The molecule has 0 aliphatic heterocycles. The van der Waals surface area contributed by atoms with Crippen molar-refractivity contribution in [3.63, 3.8) is 0 Å². The summed E-state index contributed by atoms with van der Waals surface area (Å²) in [5.74, 6) is 4.44. The van der Waals surface area contributed by atoms with E-state index >= 15 is 0 Å². The molecule has 0 fully saturated rings. The number of rotatable bonds is 38. The first kappa shape index (κ1) is 75.7. The number of hydrogen-bond acceptors (Lipinski definition) is 22. The molecule has 29 heteroatoms. The van der Waals surface area contributed by atoms with Gasteiger partial charge in [0.05, 0.1) is 56.0 Å². The predicted molar refractivity (Wildman–Crippen MR) is 369 cm³/mol. The number of amides is 1. The molecule has 0 saturated heterocycles. The van der Waals surface area contributed by atoms with Gasteiger partial charge in [-0.25, -0.2) is 0 Å². The van der Waals surface area contributed by atoms with Crippen LogP contribution in [0.3, 0.4) is 0 Å². The number of ether oxygens (including phenoxy) is 7. The van der Waals surface area contributed by atoms with Crippen LogP contribution < -0.4 is 49.1 Å². The molecule has 0 spiro atoms. The molecule has 0 aliphatic carbocycles. The Morgan fingerprint density at radius 2 is 0.680 bits per heavy atom. The molecule has 29 nitrogen and oxygen atoms in total. The fraction of sp³-hybridized carbons (Fsp3) is 0.485. The van der Waals surface area contributed by atoms with Crippen molar-refractivity contribution in [2.45, 2.75) is 138 Å². The van der Waals surface area contributed by atoms with Crippen molar-refractivity contribution in [3.05, 3.63) is 149 Å². The predicted octanol–water partition coefficient (Wildman–Crippen LogP) is 8.80. The van der Waals surface area contributed by atoms with Gasteiger partial charge >= 0.3 is 0 Å². The summed E-state index contributed by atoms with van der Waals surface area (Å²) >= 11 is 0. The van der Waals surface area contributed by atoms with Crippen LogP contribution in [0.4, 0.5) is 0 Å². The van der Waals surface area contributed by atoms with Gasteiger partial charge in [-0.2, -0.15) is 0 Å². The molecular weight excluding hydrogens is 1240 g/mol. The number of carbonyl (C=O) groups is 1. The number of unbranched alkanes of at least 4 members (excludes halogenated alkanes) is 4. The largest absolute Gasteiger partial charge is 0.493 e. The molecule has 0 aliphatic rings. The van der Waals surface area contributed by atoms with Gasteiger partial charge in [-0.3, -0.25) is 32.9 Å². The van der Waals surface area contributed by atoms with Crippen LogP contribution in [0, 0.1) is 0 Å². The third kappa shape index (κ3) is 24.1. The highest BCUT2D eigenvalue weighted by Gasteiger charge is 2.21. The minimum Gasteiger partial charge on any atom is -0.493 e. The number of nitrogens with one attached hydrogen (secondary N) is 3. The van der Waals surface area contributed by atoms with Gasteiger partial charge in [0.2, 0.25) is 5.75 Å². The standard InChI is InChI=1S/C26H39N7O3.C21H29N7O2.C20H27N7O3.CH4/c1-5-6-13-23-24(35-14-9-7-11-21-18-32(3)30-28-21)16-20(26(34)27-2)17-25(23)36-15-10-8-12-22-19-33(4)31-29-22;1-6-7-8-19-20(29-13-17-11-27(4)25-23-17)9-16(15(2)22-3)10-21(19)30-14-18-12-28(5)26-24-18;1-6-7-28-20-18(29-12-16-10-26(4)24-22-16)8-15(14(2)21-3)9-19(20)30-13-17-11-27(5)25-23-17;/h16-19H,5-15H2,1-4H3,(H,27,34);9-12,22H,2,6-8,13-14H2,1,3-5H3;8-11,21H,2,6-7,12-13H2,1,3-5H3;1H4. The van der Waals surface area contributed by atoms with E-state index in [-0.39, 0.29) is 26.5 Å². The van der Waals surface area contributed by atoms with E-state index in [0.29, 0.717) is 67.2 Å². The quantitative estimate of drug-likeness (QED) is 0.0304. The summed E-state index contributed by atoms with van der Waals surface area (Å²) in [7, 11) is 16.3. The SMILES string of the molecule is C.C=C(NC)c1cc(OCc2cn(C)nn2)c(CCCC)c(OCc2cn(C)nn2)c1.C=C(NC)c1cc(OCc2cn(C)nn2)c(OCCC)c(OCc2cn(C)nn2)c1.CCCCc1c(OCCCCc2cn(C)nn2)cc(C(=O)NC)cc1OCCCCc1cn(C)nn1. The Hall–Kier alpha value is -10.4. The zero-order valence-corrected chi connectivity index (χ0v) is 57.8. The van der Waals surface area contributed by atoms with Crippen molar-refractivity contribution in [2.75, 3.05) is 41.0 Å². The lowest BCUT2D eigenvalue weighted by Gasteiger charge is -2.18. The van der Waals surface area contributed by atoms with Gasteiger partial charge in [-0.15, -0.1) is 30.6 Å². The Morgan fingerprint density at radius 3 is 0.979 bits per heavy atom. The fourth-order valence-electron chi connectivity index (χ4n) is 9.66. The van der Waals surface area contributed by atoms with Crippen molar-refractivity contribution < 1.29 is 38.0 Å². The molecule has 524 valence electrons. The van der Waals surface area contributed by atoms with Crippen LogP contribution in [0.1, 0.15) is 153 Å². The lowest BCUT2D eigenvalue weighted by atomic mass is 10.0. The maximum absolute atomic E-state index is 12.5. The fourth-order valence-corrected chi connectivity index (χ4v) is 9.66. The minimum atomic E-state index is -0.156. The highest BCUT2D eigenvalue weighted by Crippen LogP contribution is 2.41. The van der Waals surface area contributed by atoms with Crippen LogP contribution >= 0.6 is 0 Å². The van der Waals surface area contributed by atoms with Gasteiger partial charge in [-0.05, 0) is 107 Å². The normalized spacial score (nSPS) is 10.7. The Labute approximate surface area is 569 Å². The Bertz CT molecular complexity index is 3500. The van der Waals surface area contributed by atoms with Crippen LogP contribution in [0.5, 0.6) is 40.2 Å². The lowest BCUT2D eigenvalue weighted by molar-refractivity contribution is 0.0962. The molecule has 0 bridgehead atoms. The highest BCUT2D eigenvalue weighted by molar-refractivity contribution is 5.95. The molecule has 1 amide bonds. The summed E-state index contributed by atoms with van der Waals surface area (Å²) in [6, 6.07) is 11.4. The van der Waals surface area contributed by atoms with Gasteiger partial charge in [0.25, 0.3) is 5.91 Å². The molecule has 9 rings (SSSR count). The minimum absolute atomic E-state index is 0. The Balaban J connectivity index is 0.000000230. The summed E-state index contributed by atoms with van der Waals surface area (Å²) in [5.41, 5.74) is 10.7. The van der Waals surface area contributed by atoms with Crippen molar-refractivity contribution in [1.82, 2.24) is 106 Å². The number of benzene rings is 3. The number of nitrogens with zero attached hydrogens (tertiary/aromatic N) is 18. The van der Waals surface area contributed by atoms with E-state index in [1.54, 1.807) is 47.5 Å². The molecule has 97 heavy (non-hydrogen) atoms. The molecule has 0 saturated carbocycles. The van der Waals surface area contributed by atoms with Crippen LogP contribution in [-0.2, 0) is 94.4 Å². The van der Waals surface area contributed by atoms with Gasteiger partial charge in [0.15, 0.2) is 11.5 Å². The van der Waals surface area contributed by atoms with E-state index in [2.05, 4.69) is 105 Å². The van der Waals surface area contributed by atoms with E-state index in [0.717, 1.165) is 163 Å². The molecular formula is C68H99N21O8. The van der Waals surface area contributed by atoms with Gasteiger partial charge in [0, 0.05) is 115 Å². The van der Waals surface area contributed by atoms with Crippen molar-refractivity contribution in [2.24, 2.45) is 42.3 Å². The van der Waals surface area contributed by atoms with E-state index in [9.17, 15) is 4.79 Å². The summed E-state index contributed by atoms with van der Waals surface area (Å²) in [6.07, 6.45) is 23.2. The average molecular weight is 1340 g/mol. The van der Waals surface area contributed by atoms with E-state index in [1.165, 1.54) is 0 Å². The lowest BCUT2D eigenvalue weighted by Crippen LogP contribution is -2.18. The first-order chi connectivity index (χ1) is 46.5. The van der Waals surface area contributed by atoms with Crippen LogP contribution in [0.15, 0.2) is 86.7 Å². The Morgan fingerprint density at radius 1 is 0.371 bits per heavy atom. The van der Waals surface area contributed by atoms with Gasteiger partial charge < -0.3 is 49.1 Å². The zero-order chi connectivity index (χ0) is 68.8. The summed E-state index contributed by atoms with van der Waals surface area (Å²) in [5, 5.41) is 57.2.